The maximum absolute atomic E-state index is 11.7. The molecule has 0 fully saturated rings. The summed E-state index contributed by atoms with van der Waals surface area (Å²) in [6.07, 6.45) is 3.39. The fraction of sp³-hybridized carbons (Fsp3) is 0.412. The molecule has 5 heteroatoms. The van der Waals surface area contributed by atoms with E-state index in [2.05, 4.69) is 4.74 Å². The molecule has 0 atom stereocenters. The minimum Gasteiger partial charge on any atom is -0.507 e. The molecule has 1 aliphatic rings. The molecule has 1 aromatic carbocycles. The number of phenolic OH excluding ortho intramolecular Hbond substituents is 1. The summed E-state index contributed by atoms with van der Waals surface area (Å²) in [6, 6.07) is 1.88. The van der Waals surface area contributed by atoms with Crippen molar-refractivity contribution in [2.75, 3.05) is 7.11 Å². The summed E-state index contributed by atoms with van der Waals surface area (Å²) >= 11 is 0. The van der Waals surface area contributed by atoms with Gasteiger partial charge < -0.3 is 14.6 Å². The van der Waals surface area contributed by atoms with E-state index >= 15 is 0 Å². The Labute approximate surface area is 129 Å². The van der Waals surface area contributed by atoms with Crippen LogP contribution >= 0.6 is 0 Å². The number of aryl methyl sites for hydroxylation is 1. The first-order chi connectivity index (χ1) is 10.4. The second kappa shape index (κ2) is 6.64. The van der Waals surface area contributed by atoms with Gasteiger partial charge >= 0.3 is 11.9 Å². The van der Waals surface area contributed by atoms with Gasteiger partial charge in [0.25, 0.3) is 0 Å². The highest BCUT2D eigenvalue weighted by Crippen LogP contribution is 2.34. The Balaban J connectivity index is 2.14. The van der Waals surface area contributed by atoms with Crippen molar-refractivity contribution in [3.05, 3.63) is 40.0 Å². The van der Waals surface area contributed by atoms with E-state index in [1.807, 2.05) is 26.0 Å². The van der Waals surface area contributed by atoms with E-state index in [4.69, 9.17) is 4.74 Å². The number of esters is 2. The van der Waals surface area contributed by atoms with E-state index in [9.17, 15) is 14.7 Å². The first-order valence-corrected chi connectivity index (χ1v) is 7.18. The number of methoxy groups -OCH3 is 1. The molecule has 1 aromatic rings. The topological polar surface area (TPSA) is 72.8 Å². The van der Waals surface area contributed by atoms with E-state index in [1.165, 1.54) is 7.11 Å². The SMILES string of the molecule is COC(=O)CC/C(C)=C/Cc1cc(C)c2c(c1O)C(=O)OC2. The summed E-state index contributed by atoms with van der Waals surface area (Å²) in [5.41, 5.74) is 3.71. The van der Waals surface area contributed by atoms with Crippen molar-refractivity contribution in [2.45, 2.75) is 39.7 Å². The highest BCUT2D eigenvalue weighted by molar-refractivity contribution is 5.97. The van der Waals surface area contributed by atoms with Crippen molar-refractivity contribution >= 4 is 11.9 Å². The average Bonchev–Trinajstić information content (AvgIpc) is 2.89. The molecule has 118 valence electrons. The second-order valence-corrected chi connectivity index (χ2v) is 5.46. The molecular weight excluding hydrogens is 284 g/mol. The van der Waals surface area contributed by atoms with E-state index in [1.54, 1.807) is 0 Å². The fourth-order valence-corrected chi connectivity index (χ4v) is 2.48. The zero-order valence-electron chi connectivity index (χ0n) is 13.1. The molecule has 0 aliphatic carbocycles. The number of fused-ring (bicyclic) bond motifs is 1. The Kier molecular flexibility index (Phi) is 4.85. The first-order valence-electron chi connectivity index (χ1n) is 7.18. The number of cyclic esters (lactones) is 1. The van der Waals surface area contributed by atoms with Crippen LogP contribution in [0.5, 0.6) is 5.75 Å². The lowest BCUT2D eigenvalue weighted by Gasteiger charge is -2.09. The number of aromatic hydroxyl groups is 1. The van der Waals surface area contributed by atoms with Crippen molar-refractivity contribution in [3.8, 4) is 5.75 Å². The van der Waals surface area contributed by atoms with Crippen LogP contribution < -0.4 is 0 Å². The molecule has 0 aromatic heterocycles. The molecule has 2 rings (SSSR count). The third-order valence-electron chi connectivity index (χ3n) is 3.88. The van der Waals surface area contributed by atoms with Gasteiger partial charge in [0.05, 0.1) is 7.11 Å². The number of carbonyl (C=O) groups excluding carboxylic acids is 2. The Bertz CT molecular complexity index is 643. The summed E-state index contributed by atoms with van der Waals surface area (Å²) in [4.78, 5) is 22.8. The lowest BCUT2D eigenvalue weighted by Crippen LogP contribution is -2.00. The van der Waals surface area contributed by atoms with Crippen molar-refractivity contribution in [2.24, 2.45) is 0 Å². The molecule has 1 heterocycles. The quantitative estimate of drug-likeness (QED) is 0.669. The van der Waals surface area contributed by atoms with Gasteiger partial charge in [0, 0.05) is 12.0 Å². The van der Waals surface area contributed by atoms with Gasteiger partial charge in [-0.1, -0.05) is 17.7 Å². The molecule has 22 heavy (non-hydrogen) atoms. The van der Waals surface area contributed by atoms with Crippen LogP contribution in [0, 0.1) is 6.92 Å². The molecule has 0 bridgehead atoms. The van der Waals surface area contributed by atoms with Gasteiger partial charge in [0.2, 0.25) is 0 Å². The maximum atomic E-state index is 11.7. The van der Waals surface area contributed by atoms with Crippen molar-refractivity contribution in [1.82, 2.24) is 0 Å². The lowest BCUT2D eigenvalue weighted by molar-refractivity contribution is -0.140. The van der Waals surface area contributed by atoms with Crippen LogP contribution in [-0.4, -0.2) is 24.2 Å². The first kappa shape index (κ1) is 16.1. The molecule has 1 aliphatic heterocycles. The smallest absolute Gasteiger partial charge is 0.342 e. The minimum absolute atomic E-state index is 0.000109. The van der Waals surface area contributed by atoms with Gasteiger partial charge in [-0.2, -0.15) is 0 Å². The zero-order chi connectivity index (χ0) is 16.3. The monoisotopic (exact) mass is 304 g/mol. The number of hydrogen-bond donors (Lipinski definition) is 1. The van der Waals surface area contributed by atoms with E-state index in [-0.39, 0.29) is 23.9 Å². The maximum Gasteiger partial charge on any atom is 0.342 e. The predicted octanol–water partition coefficient (Wildman–Crippen LogP) is 2.81. The largest absolute Gasteiger partial charge is 0.507 e. The van der Waals surface area contributed by atoms with Crippen LogP contribution in [-0.2, 0) is 27.3 Å². The number of hydrogen-bond acceptors (Lipinski definition) is 5. The standard InChI is InChI=1S/C17H20O5/c1-10(5-7-14(18)21-3)4-6-12-8-11(2)13-9-22-17(20)15(13)16(12)19/h4,8,19H,5-7,9H2,1-3H3/b10-4+. The summed E-state index contributed by atoms with van der Waals surface area (Å²) in [6.45, 7) is 4.05. The van der Waals surface area contributed by atoms with Crippen LogP contribution in [0.3, 0.4) is 0 Å². The molecule has 0 radical (unpaired) electrons. The highest BCUT2D eigenvalue weighted by atomic mass is 16.5. The number of carbonyl (C=O) groups is 2. The third-order valence-corrected chi connectivity index (χ3v) is 3.88. The molecular formula is C17H20O5. The van der Waals surface area contributed by atoms with Crippen molar-refractivity contribution in [3.63, 3.8) is 0 Å². The normalized spacial score (nSPS) is 13.8. The number of benzene rings is 1. The molecule has 0 saturated heterocycles. The van der Waals surface area contributed by atoms with Crippen LogP contribution in [0.15, 0.2) is 17.7 Å². The second-order valence-electron chi connectivity index (χ2n) is 5.46. The summed E-state index contributed by atoms with van der Waals surface area (Å²) in [5, 5.41) is 10.3. The molecule has 1 N–H and O–H groups in total. The lowest BCUT2D eigenvalue weighted by atomic mass is 9.96. The summed E-state index contributed by atoms with van der Waals surface area (Å²) < 4.78 is 9.58. The number of rotatable bonds is 5. The van der Waals surface area contributed by atoms with Crippen molar-refractivity contribution in [1.29, 1.82) is 0 Å². The average molecular weight is 304 g/mol. The minimum atomic E-state index is -0.469. The van der Waals surface area contributed by atoms with Crippen LogP contribution in [0.25, 0.3) is 0 Å². The van der Waals surface area contributed by atoms with Crippen molar-refractivity contribution < 1.29 is 24.2 Å². The third kappa shape index (κ3) is 3.30. The summed E-state index contributed by atoms with van der Waals surface area (Å²) in [7, 11) is 1.37. The van der Waals surface area contributed by atoms with Crippen LogP contribution in [0.2, 0.25) is 0 Å². The van der Waals surface area contributed by atoms with Crippen LogP contribution in [0.1, 0.15) is 46.8 Å². The van der Waals surface area contributed by atoms with Gasteiger partial charge in [-0.15, -0.1) is 0 Å². The van der Waals surface area contributed by atoms with E-state index in [0.717, 1.165) is 16.7 Å². The van der Waals surface area contributed by atoms with Gasteiger partial charge in [-0.05, 0) is 37.8 Å². The van der Waals surface area contributed by atoms with E-state index in [0.29, 0.717) is 24.8 Å². The number of ether oxygens (including phenoxy) is 2. The zero-order valence-corrected chi connectivity index (χ0v) is 13.1. The fourth-order valence-electron chi connectivity index (χ4n) is 2.48. The molecule has 0 saturated carbocycles. The Morgan fingerprint density at radius 2 is 2.18 bits per heavy atom. The molecule has 5 nitrogen and oxygen atoms in total. The molecule has 0 amide bonds. The molecule has 0 spiro atoms. The Morgan fingerprint density at radius 1 is 1.45 bits per heavy atom. The Morgan fingerprint density at radius 3 is 2.86 bits per heavy atom. The summed E-state index contributed by atoms with van der Waals surface area (Å²) in [5.74, 6) is -0.712. The predicted molar refractivity (Wildman–Crippen MR) is 80.7 cm³/mol. The Hall–Kier alpha value is -2.30. The number of allylic oxidation sites excluding steroid dienone is 2. The van der Waals surface area contributed by atoms with Gasteiger partial charge in [0.1, 0.15) is 17.9 Å². The van der Waals surface area contributed by atoms with Gasteiger partial charge in [-0.3, -0.25) is 4.79 Å². The molecule has 0 unspecified atom stereocenters. The van der Waals surface area contributed by atoms with E-state index < -0.39 is 5.97 Å². The van der Waals surface area contributed by atoms with Gasteiger partial charge in [0.15, 0.2) is 0 Å². The highest BCUT2D eigenvalue weighted by Gasteiger charge is 2.28. The number of phenols is 1. The van der Waals surface area contributed by atoms with Crippen LogP contribution in [0.4, 0.5) is 0 Å². The van der Waals surface area contributed by atoms with Gasteiger partial charge in [-0.25, -0.2) is 4.79 Å².